The van der Waals surface area contributed by atoms with Crippen molar-refractivity contribution in [2.45, 2.75) is 32.7 Å². The van der Waals surface area contributed by atoms with Gasteiger partial charge < -0.3 is 5.32 Å². The number of aryl methyl sites for hydroxylation is 1. The summed E-state index contributed by atoms with van der Waals surface area (Å²) in [5, 5.41) is 15.4. The van der Waals surface area contributed by atoms with Crippen LogP contribution < -0.4 is 5.32 Å². The first-order valence-electron chi connectivity index (χ1n) is 10.3. The number of hydrogen-bond donors (Lipinski definition) is 1. The van der Waals surface area contributed by atoms with Crippen molar-refractivity contribution >= 4 is 28.4 Å². The molecule has 4 nitrogen and oxygen atoms in total. The molecule has 1 aromatic heterocycles. The molecule has 3 aromatic rings. The molecule has 0 unspecified atom stereocenters. The lowest BCUT2D eigenvalue weighted by molar-refractivity contribution is 0.357. The number of benzene rings is 2. The Morgan fingerprint density at radius 3 is 2.72 bits per heavy atom. The molecule has 2 aromatic carbocycles. The van der Waals surface area contributed by atoms with E-state index in [1.54, 1.807) is 0 Å². The summed E-state index contributed by atoms with van der Waals surface area (Å²) in [5.41, 5.74) is 5.20. The van der Waals surface area contributed by atoms with Crippen LogP contribution in [0.2, 0.25) is 0 Å². The topological polar surface area (TPSA) is 52.0 Å². The van der Waals surface area contributed by atoms with Crippen LogP contribution in [0.4, 0.5) is 5.69 Å². The van der Waals surface area contributed by atoms with Gasteiger partial charge in [0.1, 0.15) is 5.75 Å². The number of hydrogen-bond acceptors (Lipinski definition) is 4. The van der Waals surface area contributed by atoms with Gasteiger partial charge in [-0.3, -0.25) is 4.98 Å². The number of rotatable bonds is 5. The summed E-state index contributed by atoms with van der Waals surface area (Å²) in [7, 11) is 0. The molecule has 4 rings (SSSR count). The normalized spacial score (nSPS) is 15.3. The van der Waals surface area contributed by atoms with Gasteiger partial charge in [0.2, 0.25) is 0 Å². The van der Waals surface area contributed by atoms with Crippen molar-refractivity contribution in [2.75, 3.05) is 24.2 Å². The second-order valence-electron chi connectivity index (χ2n) is 7.59. The van der Waals surface area contributed by atoms with Crippen molar-refractivity contribution in [2.24, 2.45) is 0 Å². The van der Waals surface area contributed by atoms with Gasteiger partial charge in [-0.15, -0.1) is 4.31 Å². The molecule has 0 bridgehead atoms. The smallest absolute Gasteiger partial charge is 0.122 e. The van der Waals surface area contributed by atoms with Crippen LogP contribution in [0, 0.1) is 18.3 Å². The molecule has 1 fully saturated rings. The third-order valence-electron chi connectivity index (χ3n) is 5.61. The van der Waals surface area contributed by atoms with Crippen molar-refractivity contribution in [1.29, 1.82) is 5.26 Å². The average molecular weight is 404 g/mol. The number of thiol groups is 1. The highest BCUT2D eigenvalue weighted by atomic mass is 32.2. The monoisotopic (exact) mass is 403 g/mol. The van der Waals surface area contributed by atoms with Crippen molar-refractivity contribution in [3.05, 3.63) is 59.9 Å². The number of nitrogens with one attached hydrogen (secondary N) is 1. The molecule has 0 radical (unpaired) electrons. The third kappa shape index (κ3) is 4.39. The quantitative estimate of drug-likeness (QED) is 0.495. The maximum absolute atomic E-state index is 9.23. The highest BCUT2D eigenvalue weighted by Crippen LogP contribution is 2.32. The molecule has 2 heterocycles. The van der Waals surface area contributed by atoms with Crippen LogP contribution in [-0.4, -0.2) is 34.2 Å². The molecule has 0 spiro atoms. The first kappa shape index (κ1) is 19.8. The average Bonchev–Trinajstić information content (AvgIpc) is 2.75. The zero-order valence-corrected chi connectivity index (χ0v) is 17.9. The van der Waals surface area contributed by atoms with Crippen molar-refractivity contribution in [3.8, 4) is 17.2 Å². The Hall–Kier alpha value is -2.55. The lowest BCUT2D eigenvalue weighted by atomic mass is 9.97. The predicted molar refractivity (Wildman–Crippen MR) is 124 cm³/mol. The Kier molecular flexibility index (Phi) is 6.03. The first-order chi connectivity index (χ1) is 14.2. The van der Waals surface area contributed by atoms with Crippen molar-refractivity contribution < 1.29 is 0 Å². The summed E-state index contributed by atoms with van der Waals surface area (Å²) < 4.78 is 2.54. The fourth-order valence-corrected chi connectivity index (χ4v) is 4.94. The molecule has 29 heavy (non-hydrogen) atoms. The summed E-state index contributed by atoms with van der Waals surface area (Å²) in [5.74, 6) is 1.19. The Balaban J connectivity index is 1.65. The zero-order chi connectivity index (χ0) is 20.2. The van der Waals surface area contributed by atoms with Gasteiger partial charge in [-0.1, -0.05) is 12.1 Å². The molecular formula is C24H27N4S+. The van der Waals surface area contributed by atoms with Gasteiger partial charge in [-0.2, -0.15) is 5.26 Å². The molecule has 148 valence electrons. The molecule has 1 N–H and O–H groups in total. The largest absolute Gasteiger partial charge is 0.382 e. The van der Waals surface area contributed by atoms with Gasteiger partial charge in [0.05, 0.1) is 23.6 Å². The minimum absolute atomic E-state index is 0.486. The molecule has 0 atom stereocenters. The molecule has 0 aliphatic carbocycles. The van der Waals surface area contributed by atoms with E-state index < -0.39 is 0 Å². The fourth-order valence-electron chi connectivity index (χ4n) is 4.02. The van der Waals surface area contributed by atoms with E-state index in [0.717, 1.165) is 53.7 Å². The summed E-state index contributed by atoms with van der Waals surface area (Å²) in [6.45, 7) is 6.53. The van der Waals surface area contributed by atoms with E-state index in [9.17, 15) is 5.26 Å². The van der Waals surface area contributed by atoms with Gasteiger partial charge in [0.15, 0.2) is 0 Å². The summed E-state index contributed by atoms with van der Waals surface area (Å²) in [4.78, 5) is 4.36. The van der Waals surface area contributed by atoms with Gasteiger partial charge in [0, 0.05) is 42.6 Å². The van der Waals surface area contributed by atoms with Crippen molar-refractivity contribution in [1.82, 2.24) is 9.29 Å². The van der Waals surface area contributed by atoms with Crippen LogP contribution in [0.1, 0.15) is 30.9 Å². The number of piperidine rings is 1. The maximum atomic E-state index is 9.23. The number of nitriles is 1. The molecule has 1 aliphatic rings. The van der Waals surface area contributed by atoms with E-state index in [1.165, 1.54) is 28.7 Å². The number of nitrogens with zero attached hydrogens (tertiary/aromatic N) is 3. The van der Waals surface area contributed by atoms with Gasteiger partial charge >= 0.3 is 0 Å². The highest BCUT2D eigenvalue weighted by Gasteiger charge is 2.23. The second-order valence-corrected chi connectivity index (χ2v) is 9.07. The van der Waals surface area contributed by atoms with Crippen molar-refractivity contribution in [3.63, 3.8) is 0 Å². The van der Waals surface area contributed by atoms with Gasteiger partial charge in [0.25, 0.3) is 0 Å². The van der Waals surface area contributed by atoms with Crippen LogP contribution in [-0.2, 0) is 11.9 Å². The lowest BCUT2D eigenvalue weighted by Crippen LogP contribution is -2.38. The van der Waals surface area contributed by atoms with E-state index in [0.29, 0.717) is 6.04 Å². The summed E-state index contributed by atoms with van der Waals surface area (Å²) in [6.07, 6.45) is 6.13. The van der Waals surface area contributed by atoms with Crippen LogP contribution in [0.25, 0.3) is 21.9 Å². The van der Waals surface area contributed by atoms with Gasteiger partial charge in [-0.05, 0) is 73.0 Å². The van der Waals surface area contributed by atoms with Crippen LogP contribution >= 0.6 is 0 Å². The van der Waals surface area contributed by atoms with Crippen LogP contribution in [0.3, 0.4) is 0 Å². The minimum Gasteiger partial charge on any atom is -0.382 e. The Labute approximate surface area is 177 Å². The SMILES string of the molecule is CC[SH+]N1CCC(Nc2cc(-c3ccc(C#N)c(C)c3)cc3ccncc23)CC1. The molecule has 5 heteroatoms. The van der Waals surface area contributed by atoms with Gasteiger partial charge in [-0.25, -0.2) is 0 Å². The highest BCUT2D eigenvalue weighted by molar-refractivity contribution is 7.76. The Morgan fingerprint density at radius 1 is 1.17 bits per heavy atom. The lowest BCUT2D eigenvalue weighted by Gasteiger charge is -2.28. The zero-order valence-electron chi connectivity index (χ0n) is 17.0. The summed E-state index contributed by atoms with van der Waals surface area (Å²) >= 11 is 1.45. The van der Waals surface area contributed by atoms with E-state index >= 15 is 0 Å². The first-order valence-corrected chi connectivity index (χ1v) is 11.3. The minimum atomic E-state index is 0.486. The predicted octanol–water partition coefficient (Wildman–Crippen LogP) is 4.71. The molecule has 1 saturated heterocycles. The van der Waals surface area contributed by atoms with E-state index in [1.807, 2.05) is 31.5 Å². The number of anilines is 1. The third-order valence-corrected chi connectivity index (χ3v) is 6.69. The molecular weight excluding hydrogens is 376 g/mol. The summed E-state index contributed by atoms with van der Waals surface area (Å²) in [6, 6.07) is 15.3. The number of fused-ring (bicyclic) bond motifs is 1. The maximum Gasteiger partial charge on any atom is 0.122 e. The molecule has 1 aliphatic heterocycles. The Morgan fingerprint density at radius 2 is 2.00 bits per heavy atom. The standard InChI is InChI=1S/C24H26N4S/c1-3-29-28-10-7-22(8-11-28)27-24-14-21(13-19-6-9-26-16-23(19)24)18-4-5-20(15-25)17(2)12-18/h4-6,9,12-14,16,22,27H,3,7-8,10-11H2,1-2H3/p+1. The second kappa shape index (κ2) is 8.86. The van der Waals surface area contributed by atoms with Crippen LogP contribution in [0.5, 0.6) is 0 Å². The Bertz CT molecular complexity index is 1050. The van der Waals surface area contributed by atoms with Crippen LogP contribution in [0.15, 0.2) is 48.8 Å². The fraction of sp³-hybridized carbons (Fsp3) is 0.333. The molecule has 0 saturated carbocycles. The number of pyridine rings is 1. The van der Waals surface area contributed by atoms with E-state index in [4.69, 9.17) is 0 Å². The van der Waals surface area contributed by atoms with E-state index in [-0.39, 0.29) is 0 Å². The number of aromatic nitrogens is 1. The molecule has 0 amide bonds. The van der Waals surface area contributed by atoms with E-state index in [2.05, 4.69) is 51.9 Å².